The third-order valence-corrected chi connectivity index (χ3v) is 6.61. The van der Waals surface area contributed by atoms with Gasteiger partial charge < -0.3 is 9.73 Å². The Hall–Kier alpha value is -4.18. The van der Waals surface area contributed by atoms with E-state index in [0.717, 1.165) is 21.6 Å². The summed E-state index contributed by atoms with van der Waals surface area (Å²) in [5.74, 6) is -0.392. The van der Waals surface area contributed by atoms with Gasteiger partial charge in [-0.15, -0.1) is 0 Å². The number of amides is 3. The Morgan fingerprint density at radius 1 is 1.06 bits per heavy atom. The van der Waals surface area contributed by atoms with Gasteiger partial charge in [0.15, 0.2) is 0 Å². The van der Waals surface area contributed by atoms with Gasteiger partial charge in [-0.1, -0.05) is 29.8 Å². The lowest BCUT2D eigenvalue weighted by molar-refractivity contribution is -0.385. The van der Waals surface area contributed by atoms with Crippen LogP contribution in [0.15, 0.2) is 51.8 Å². The Morgan fingerprint density at radius 2 is 1.75 bits per heavy atom. The first-order valence-electron chi connectivity index (χ1n) is 11.0. The van der Waals surface area contributed by atoms with Crippen LogP contribution < -0.4 is 5.32 Å². The smallest absolute Gasteiger partial charge is 0.294 e. The minimum atomic E-state index is -0.596. The Kier molecular flexibility index (Phi) is 6.80. The minimum Gasteiger partial charge on any atom is -0.457 e. The standard InChI is InChI=1S/C26H23N3O6S/c1-14-9-16(3)24(17(4)10-14)27-23(30)13-28-25(31)22(36-26(28)32)12-19-7-8-21(35-19)18-6-5-15(2)20(11-18)29(33)34/h5-12H,13H2,1-4H3,(H,27,30)/b22-12+. The van der Waals surface area contributed by atoms with Crippen molar-refractivity contribution in [3.8, 4) is 11.3 Å². The van der Waals surface area contributed by atoms with E-state index >= 15 is 0 Å². The van der Waals surface area contributed by atoms with E-state index in [-0.39, 0.29) is 10.6 Å². The third-order valence-electron chi connectivity index (χ3n) is 5.71. The largest absolute Gasteiger partial charge is 0.457 e. The number of carbonyl (C=O) groups is 3. The number of imide groups is 1. The maximum atomic E-state index is 12.8. The lowest BCUT2D eigenvalue weighted by atomic mass is 10.1. The van der Waals surface area contributed by atoms with Crippen molar-refractivity contribution in [3.05, 3.63) is 85.5 Å². The zero-order valence-electron chi connectivity index (χ0n) is 20.1. The summed E-state index contributed by atoms with van der Waals surface area (Å²) in [5.41, 5.74) is 4.53. The summed E-state index contributed by atoms with van der Waals surface area (Å²) in [6.07, 6.45) is 1.42. The number of hydrogen-bond acceptors (Lipinski definition) is 7. The number of anilines is 1. The summed E-state index contributed by atoms with van der Waals surface area (Å²) in [7, 11) is 0. The van der Waals surface area contributed by atoms with Gasteiger partial charge in [0.25, 0.3) is 16.8 Å². The molecule has 3 aromatic rings. The van der Waals surface area contributed by atoms with Crippen molar-refractivity contribution >= 4 is 46.3 Å². The van der Waals surface area contributed by atoms with E-state index in [0.29, 0.717) is 40.1 Å². The van der Waals surface area contributed by atoms with Crippen molar-refractivity contribution in [1.82, 2.24) is 4.90 Å². The van der Waals surface area contributed by atoms with Crippen LogP contribution in [0.2, 0.25) is 0 Å². The average Bonchev–Trinajstić information content (AvgIpc) is 3.36. The highest BCUT2D eigenvalue weighted by molar-refractivity contribution is 8.18. The molecule has 1 N–H and O–H groups in total. The van der Waals surface area contributed by atoms with E-state index in [4.69, 9.17) is 4.42 Å². The van der Waals surface area contributed by atoms with Gasteiger partial charge in [0.2, 0.25) is 5.91 Å². The summed E-state index contributed by atoms with van der Waals surface area (Å²) in [6.45, 7) is 6.96. The molecule has 2 heterocycles. The van der Waals surface area contributed by atoms with Crippen molar-refractivity contribution in [2.45, 2.75) is 27.7 Å². The highest BCUT2D eigenvalue weighted by atomic mass is 32.2. The summed E-state index contributed by atoms with van der Waals surface area (Å²) in [6, 6.07) is 11.9. The van der Waals surface area contributed by atoms with Crippen molar-refractivity contribution in [2.24, 2.45) is 0 Å². The van der Waals surface area contributed by atoms with Gasteiger partial charge in [-0.3, -0.25) is 29.4 Å². The molecule has 3 amide bonds. The molecular formula is C26H23N3O6S. The molecule has 4 rings (SSSR count). The van der Waals surface area contributed by atoms with Crippen LogP contribution in [0.4, 0.5) is 16.2 Å². The van der Waals surface area contributed by atoms with Crippen molar-refractivity contribution < 1.29 is 23.7 Å². The molecule has 0 spiro atoms. The fourth-order valence-electron chi connectivity index (χ4n) is 4.01. The van der Waals surface area contributed by atoms with Crippen LogP contribution >= 0.6 is 11.8 Å². The number of hydrogen-bond donors (Lipinski definition) is 1. The van der Waals surface area contributed by atoms with Gasteiger partial charge in [0.1, 0.15) is 18.1 Å². The normalized spacial score (nSPS) is 14.6. The molecule has 0 atom stereocenters. The molecule has 0 unspecified atom stereocenters. The number of thioether (sulfide) groups is 1. The van der Waals surface area contributed by atoms with Crippen molar-refractivity contribution in [2.75, 3.05) is 11.9 Å². The highest BCUT2D eigenvalue weighted by Crippen LogP contribution is 2.34. The number of benzene rings is 2. The molecule has 0 bridgehead atoms. The second-order valence-corrected chi connectivity index (χ2v) is 9.54. The van der Waals surface area contributed by atoms with Crippen LogP contribution in [0.25, 0.3) is 17.4 Å². The zero-order valence-corrected chi connectivity index (χ0v) is 20.9. The predicted molar refractivity (Wildman–Crippen MR) is 137 cm³/mol. The van der Waals surface area contributed by atoms with Crippen LogP contribution in [-0.4, -0.2) is 33.4 Å². The Bertz CT molecular complexity index is 1430. The molecule has 9 nitrogen and oxygen atoms in total. The van der Waals surface area contributed by atoms with Crippen molar-refractivity contribution in [1.29, 1.82) is 0 Å². The number of rotatable bonds is 6. The second-order valence-electron chi connectivity index (χ2n) is 8.55. The Balaban J connectivity index is 1.48. The Morgan fingerprint density at radius 3 is 2.42 bits per heavy atom. The molecular weight excluding hydrogens is 482 g/mol. The second kappa shape index (κ2) is 9.82. The number of furan rings is 1. The van der Waals surface area contributed by atoms with Gasteiger partial charge in [-0.05, 0) is 62.7 Å². The summed E-state index contributed by atoms with van der Waals surface area (Å²) < 4.78 is 5.75. The van der Waals surface area contributed by atoms with E-state index in [2.05, 4.69) is 5.32 Å². The molecule has 1 saturated heterocycles. The van der Waals surface area contributed by atoms with Gasteiger partial charge in [-0.2, -0.15) is 0 Å². The van der Waals surface area contributed by atoms with E-state index in [9.17, 15) is 24.5 Å². The van der Waals surface area contributed by atoms with Gasteiger partial charge >= 0.3 is 0 Å². The van der Waals surface area contributed by atoms with Gasteiger partial charge in [-0.25, -0.2) is 0 Å². The molecule has 36 heavy (non-hydrogen) atoms. The number of nitro groups is 1. The van der Waals surface area contributed by atoms with Crippen LogP contribution in [0.5, 0.6) is 0 Å². The fourth-order valence-corrected chi connectivity index (χ4v) is 4.83. The maximum absolute atomic E-state index is 12.8. The van der Waals surface area contributed by atoms with E-state index in [1.165, 1.54) is 12.1 Å². The van der Waals surface area contributed by atoms with Gasteiger partial charge in [0.05, 0.1) is 9.83 Å². The predicted octanol–water partition coefficient (Wildman–Crippen LogP) is 5.76. The molecule has 184 valence electrons. The fraction of sp³-hybridized carbons (Fsp3) is 0.192. The lowest BCUT2D eigenvalue weighted by Gasteiger charge is -2.15. The van der Waals surface area contributed by atoms with Crippen LogP contribution in [-0.2, 0) is 9.59 Å². The molecule has 0 saturated carbocycles. The molecule has 10 heteroatoms. The number of aryl methyl sites for hydroxylation is 4. The maximum Gasteiger partial charge on any atom is 0.294 e. The quantitative estimate of drug-likeness (QED) is 0.256. The molecule has 0 aliphatic carbocycles. The molecule has 1 fully saturated rings. The van der Waals surface area contributed by atoms with Crippen LogP contribution in [0.3, 0.4) is 0 Å². The number of carbonyl (C=O) groups excluding carboxylic acids is 3. The van der Waals surface area contributed by atoms with E-state index < -0.39 is 28.5 Å². The summed E-state index contributed by atoms with van der Waals surface area (Å²) >= 11 is 0.716. The first-order valence-corrected chi connectivity index (χ1v) is 11.8. The average molecular weight is 506 g/mol. The SMILES string of the molecule is Cc1cc(C)c(NC(=O)CN2C(=O)S/C(=C/c3ccc(-c4ccc(C)c([N+](=O)[O-])c4)o3)C2=O)c(C)c1. The van der Waals surface area contributed by atoms with Crippen LogP contribution in [0, 0.1) is 37.8 Å². The number of nitro benzene ring substituents is 1. The van der Waals surface area contributed by atoms with Crippen LogP contribution in [0.1, 0.15) is 28.0 Å². The monoisotopic (exact) mass is 505 g/mol. The molecule has 2 aromatic carbocycles. The van der Waals surface area contributed by atoms with Crippen molar-refractivity contribution in [3.63, 3.8) is 0 Å². The van der Waals surface area contributed by atoms with E-state index in [1.807, 2.05) is 32.9 Å². The lowest BCUT2D eigenvalue weighted by Crippen LogP contribution is -2.36. The minimum absolute atomic E-state index is 0.0270. The first kappa shape index (κ1) is 24.9. The third kappa shape index (κ3) is 5.08. The molecule has 0 radical (unpaired) electrons. The zero-order chi connectivity index (χ0) is 26.1. The summed E-state index contributed by atoms with van der Waals surface area (Å²) in [5, 5.41) is 13.5. The molecule has 1 aromatic heterocycles. The number of nitrogens with one attached hydrogen (secondary N) is 1. The highest BCUT2D eigenvalue weighted by Gasteiger charge is 2.36. The molecule has 1 aliphatic rings. The molecule has 1 aliphatic heterocycles. The first-order chi connectivity index (χ1) is 17.0. The van der Waals surface area contributed by atoms with E-state index in [1.54, 1.807) is 31.2 Å². The topological polar surface area (TPSA) is 123 Å². The van der Waals surface area contributed by atoms with Gasteiger partial charge in [0, 0.05) is 29.0 Å². The Labute approximate surface area is 211 Å². The summed E-state index contributed by atoms with van der Waals surface area (Å²) in [4.78, 5) is 49.7. The number of nitrogens with zero attached hydrogens (tertiary/aromatic N) is 2.